The van der Waals surface area contributed by atoms with Crippen LogP contribution >= 0.6 is 0 Å². The van der Waals surface area contributed by atoms with E-state index in [2.05, 4.69) is 108 Å². The van der Waals surface area contributed by atoms with Crippen molar-refractivity contribution >= 4 is 17.1 Å². The second-order valence-corrected chi connectivity index (χ2v) is 9.30. The van der Waals surface area contributed by atoms with Crippen LogP contribution in [-0.4, -0.2) is 0 Å². The molecule has 0 radical (unpaired) electrons. The molecule has 7 rings (SSSR count). The minimum absolute atomic E-state index is 0.761. The van der Waals surface area contributed by atoms with E-state index in [9.17, 15) is 0 Å². The third-order valence-corrected chi connectivity index (χ3v) is 7.40. The lowest BCUT2D eigenvalue weighted by Gasteiger charge is -2.28. The fourth-order valence-electron chi connectivity index (χ4n) is 5.83. The smallest absolute Gasteiger partial charge is 0.0467 e. The van der Waals surface area contributed by atoms with Gasteiger partial charge in [0, 0.05) is 17.1 Å². The van der Waals surface area contributed by atoms with Gasteiger partial charge in [-0.25, -0.2) is 0 Å². The van der Waals surface area contributed by atoms with Crippen LogP contribution in [-0.2, 0) is 0 Å². The van der Waals surface area contributed by atoms with Crippen molar-refractivity contribution in [3.8, 4) is 11.1 Å². The molecular weight excluding hydrogens is 386 g/mol. The molecule has 0 amide bonds. The van der Waals surface area contributed by atoms with E-state index in [1.54, 1.807) is 11.1 Å². The van der Waals surface area contributed by atoms with Gasteiger partial charge in [0.05, 0.1) is 0 Å². The van der Waals surface area contributed by atoms with E-state index in [0.717, 1.165) is 11.8 Å². The zero-order valence-electron chi connectivity index (χ0n) is 18.5. The number of nitrogens with zero attached hydrogens (tertiary/aromatic N) is 1. The molecule has 3 aliphatic carbocycles. The average Bonchev–Trinajstić information content (AvgIpc) is 3.21. The number of hydrogen-bond donors (Lipinski definition) is 0. The SMILES string of the molecule is c1ccc(N(c2ccccc2)c2cccc(-c3ccc4c(c3)C3CCCC4CC3)c2)cc1. The molecule has 2 bridgehead atoms. The summed E-state index contributed by atoms with van der Waals surface area (Å²) in [5.74, 6) is 1.55. The van der Waals surface area contributed by atoms with E-state index >= 15 is 0 Å². The van der Waals surface area contributed by atoms with Crippen molar-refractivity contribution in [2.45, 2.75) is 43.9 Å². The summed E-state index contributed by atoms with van der Waals surface area (Å²) >= 11 is 0. The second kappa shape index (κ2) is 8.31. The highest BCUT2D eigenvalue weighted by molar-refractivity contribution is 5.80. The van der Waals surface area contributed by atoms with E-state index < -0.39 is 0 Å². The Morgan fingerprint density at radius 3 is 1.75 bits per heavy atom. The summed E-state index contributed by atoms with van der Waals surface area (Å²) in [4.78, 5) is 2.34. The van der Waals surface area contributed by atoms with Crippen molar-refractivity contribution < 1.29 is 0 Å². The van der Waals surface area contributed by atoms with Gasteiger partial charge in [0.15, 0.2) is 0 Å². The monoisotopic (exact) mass is 415 g/mol. The van der Waals surface area contributed by atoms with E-state index in [0.29, 0.717) is 0 Å². The van der Waals surface area contributed by atoms with Crippen molar-refractivity contribution in [2.24, 2.45) is 0 Å². The fraction of sp³-hybridized carbons (Fsp3) is 0.226. The summed E-state index contributed by atoms with van der Waals surface area (Å²) in [6.45, 7) is 0. The fourth-order valence-corrected chi connectivity index (χ4v) is 5.83. The van der Waals surface area contributed by atoms with E-state index in [1.165, 1.54) is 60.3 Å². The third kappa shape index (κ3) is 3.52. The van der Waals surface area contributed by atoms with Gasteiger partial charge in [-0.1, -0.05) is 73.2 Å². The van der Waals surface area contributed by atoms with Crippen LogP contribution in [0.15, 0.2) is 103 Å². The lowest BCUT2D eigenvalue weighted by Crippen LogP contribution is -2.11. The number of rotatable bonds is 4. The lowest BCUT2D eigenvalue weighted by atomic mass is 9.77. The van der Waals surface area contributed by atoms with Crippen LogP contribution in [0.5, 0.6) is 0 Å². The van der Waals surface area contributed by atoms with Gasteiger partial charge in [-0.05, 0) is 96.2 Å². The zero-order valence-corrected chi connectivity index (χ0v) is 18.5. The molecule has 0 saturated heterocycles. The van der Waals surface area contributed by atoms with Gasteiger partial charge in [-0.2, -0.15) is 0 Å². The molecule has 4 aromatic carbocycles. The summed E-state index contributed by atoms with van der Waals surface area (Å²) in [6, 6.07) is 37.6. The Bertz CT molecular complexity index is 1170. The predicted octanol–water partition coefficient (Wildman–Crippen LogP) is 8.97. The van der Waals surface area contributed by atoms with Crippen molar-refractivity contribution in [1.82, 2.24) is 0 Å². The Kier molecular flexibility index (Phi) is 5.03. The molecule has 1 saturated carbocycles. The van der Waals surface area contributed by atoms with Gasteiger partial charge >= 0.3 is 0 Å². The van der Waals surface area contributed by atoms with Crippen LogP contribution in [0.2, 0.25) is 0 Å². The quantitative estimate of drug-likeness (QED) is 0.321. The van der Waals surface area contributed by atoms with E-state index in [4.69, 9.17) is 0 Å². The molecule has 0 aliphatic heterocycles. The number of para-hydroxylation sites is 2. The molecule has 1 nitrogen and oxygen atoms in total. The standard InChI is InChI=1S/C31H29N/c1-3-12-27(13-4-1)32(28-14-5-2-6-15-28)29-16-8-11-25(21-29)26-19-20-30-23-9-7-10-24(18-17-23)31(30)22-26/h1-6,8,11-16,19-24H,7,9-10,17-18H2. The van der Waals surface area contributed by atoms with Crippen LogP contribution in [0.25, 0.3) is 11.1 Å². The highest BCUT2D eigenvalue weighted by atomic mass is 15.1. The minimum Gasteiger partial charge on any atom is -0.310 e. The van der Waals surface area contributed by atoms with Crippen molar-refractivity contribution in [3.63, 3.8) is 0 Å². The third-order valence-electron chi connectivity index (χ3n) is 7.40. The minimum atomic E-state index is 0.761. The molecule has 1 fully saturated rings. The topological polar surface area (TPSA) is 3.24 Å². The predicted molar refractivity (Wildman–Crippen MR) is 135 cm³/mol. The summed E-state index contributed by atoms with van der Waals surface area (Å²) in [7, 11) is 0. The number of fused-ring (bicyclic) bond motifs is 3. The van der Waals surface area contributed by atoms with Gasteiger partial charge in [-0.15, -0.1) is 0 Å². The van der Waals surface area contributed by atoms with Crippen LogP contribution in [0.4, 0.5) is 17.1 Å². The maximum absolute atomic E-state index is 2.51. The summed E-state index contributed by atoms with van der Waals surface area (Å²) in [5.41, 5.74) is 9.45. The number of benzene rings is 4. The Hall–Kier alpha value is -3.32. The normalized spacial score (nSPS) is 19.2. The summed E-state index contributed by atoms with van der Waals surface area (Å²) in [6.07, 6.45) is 6.88. The highest BCUT2D eigenvalue weighted by Gasteiger charge is 2.30. The van der Waals surface area contributed by atoms with Crippen LogP contribution in [0, 0.1) is 0 Å². The molecule has 2 atom stereocenters. The first-order valence-electron chi connectivity index (χ1n) is 12.0. The van der Waals surface area contributed by atoms with Gasteiger partial charge in [-0.3, -0.25) is 0 Å². The Morgan fingerprint density at radius 2 is 1.06 bits per heavy atom. The zero-order chi connectivity index (χ0) is 21.3. The molecule has 158 valence electrons. The van der Waals surface area contributed by atoms with Crippen LogP contribution < -0.4 is 4.90 Å². The molecule has 32 heavy (non-hydrogen) atoms. The summed E-state index contributed by atoms with van der Waals surface area (Å²) < 4.78 is 0. The van der Waals surface area contributed by atoms with E-state index in [-0.39, 0.29) is 0 Å². The van der Waals surface area contributed by atoms with Gasteiger partial charge in [0.1, 0.15) is 0 Å². The summed E-state index contributed by atoms with van der Waals surface area (Å²) in [5, 5.41) is 0. The maximum Gasteiger partial charge on any atom is 0.0467 e. The van der Waals surface area contributed by atoms with Crippen LogP contribution in [0.1, 0.15) is 55.1 Å². The molecule has 0 aromatic heterocycles. The molecule has 0 heterocycles. The Labute approximate surface area is 191 Å². The number of anilines is 3. The first-order valence-corrected chi connectivity index (χ1v) is 12.0. The Balaban J connectivity index is 1.43. The van der Waals surface area contributed by atoms with Gasteiger partial charge < -0.3 is 4.90 Å². The molecule has 1 heteroatoms. The number of hydrogen-bond acceptors (Lipinski definition) is 1. The van der Waals surface area contributed by atoms with Gasteiger partial charge in [0.2, 0.25) is 0 Å². The molecular formula is C31H29N. The van der Waals surface area contributed by atoms with E-state index in [1.807, 2.05) is 0 Å². The van der Waals surface area contributed by atoms with Crippen molar-refractivity contribution in [3.05, 3.63) is 114 Å². The first kappa shape index (κ1) is 19.4. The molecule has 3 aliphatic rings. The first-order chi connectivity index (χ1) is 15.9. The van der Waals surface area contributed by atoms with Gasteiger partial charge in [0.25, 0.3) is 0 Å². The lowest BCUT2D eigenvalue weighted by molar-refractivity contribution is 0.527. The highest BCUT2D eigenvalue weighted by Crippen LogP contribution is 2.48. The largest absolute Gasteiger partial charge is 0.310 e. The maximum atomic E-state index is 2.51. The molecule has 4 aromatic rings. The second-order valence-electron chi connectivity index (χ2n) is 9.30. The molecule has 0 N–H and O–H groups in total. The Morgan fingerprint density at radius 1 is 0.469 bits per heavy atom. The van der Waals surface area contributed by atoms with Crippen molar-refractivity contribution in [2.75, 3.05) is 4.90 Å². The molecule has 2 unspecified atom stereocenters. The average molecular weight is 416 g/mol. The molecule has 0 spiro atoms. The van der Waals surface area contributed by atoms with Crippen molar-refractivity contribution in [1.29, 1.82) is 0 Å². The van der Waals surface area contributed by atoms with Crippen LogP contribution in [0.3, 0.4) is 0 Å².